The minimum absolute atomic E-state index is 0.0947. The number of carboxylic acid groups (broad SMARTS) is 1. The molecule has 1 saturated heterocycles. The number of phenolic OH excluding ortho intramolecular Hbond substituents is 1. The third-order valence-electron chi connectivity index (χ3n) is 8.14. The van der Waals surface area contributed by atoms with E-state index in [1.807, 2.05) is 0 Å². The average Bonchev–Trinajstić information content (AvgIpc) is 3.28. The van der Waals surface area contributed by atoms with Crippen LogP contribution in [0.3, 0.4) is 0 Å². The van der Waals surface area contributed by atoms with E-state index in [0.29, 0.717) is 36.8 Å². The summed E-state index contributed by atoms with van der Waals surface area (Å²) < 4.78 is 17.0. The van der Waals surface area contributed by atoms with Crippen molar-refractivity contribution in [2.75, 3.05) is 6.61 Å². The molecule has 46 heavy (non-hydrogen) atoms. The maximum Gasteiger partial charge on any atom is 0.347 e. The molecule has 0 amide bonds. The summed E-state index contributed by atoms with van der Waals surface area (Å²) in [4.78, 5) is 25.7. The first-order chi connectivity index (χ1) is 22.0. The van der Waals surface area contributed by atoms with E-state index >= 15 is 0 Å². The Balaban J connectivity index is 1.96. The zero-order chi connectivity index (χ0) is 33.8. The van der Waals surface area contributed by atoms with Crippen LogP contribution in [0.1, 0.15) is 110 Å². The van der Waals surface area contributed by atoms with Gasteiger partial charge in [-0.1, -0.05) is 65.2 Å². The molecule has 12 nitrogen and oxygen atoms in total. The van der Waals surface area contributed by atoms with Gasteiger partial charge in [0.15, 0.2) is 0 Å². The Morgan fingerprint density at radius 2 is 1.41 bits per heavy atom. The third kappa shape index (κ3) is 9.79. The second-order valence-corrected chi connectivity index (χ2v) is 11.8. The van der Waals surface area contributed by atoms with Crippen LogP contribution in [0.2, 0.25) is 0 Å². The second kappa shape index (κ2) is 18.1. The largest absolute Gasteiger partial charge is 0.508 e. The van der Waals surface area contributed by atoms with Gasteiger partial charge < -0.3 is 50.0 Å². The van der Waals surface area contributed by atoms with E-state index < -0.39 is 55.0 Å². The first kappa shape index (κ1) is 37.0. The number of phenols is 2. The number of carbonyl (C=O) groups is 2. The molecule has 1 unspecified atom stereocenters. The number of ether oxygens (including phenoxy) is 3. The zero-order valence-electron chi connectivity index (χ0n) is 26.6. The molecule has 0 bridgehead atoms. The van der Waals surface area contributed by atoms with E-state index in [2.05, 4.69) is 13.8 Å². The predicted molar refractivity (Wildman–Crippen MR) is 167 cm³/mol. The zero-order valence-corrected chi connectivity index (χ0v) is 26.6. The predicted octanol–water partition coefficient (Wildman–Crippen LogP) is 4.22. The van der Waals surface area contributed by atoms with E-state index in [4.69, 9.17) is 14.2 Å². The number of unbranched alkanes of at least 4 members (excludes halogenated alkanes) is 8. The van der Waals surface area contributed by atoms with E-state index in [-0.39, 0.29) is 28.4 Å². The highest BCUT2D eigenvalue weighted by atomic mass is 16.7. The van der Waals surface area contributed by atoms with Crippen molar-refractivity contribution in [3.8, 4) is 23.0 Å². The van der Waals surface area contributed by atoms with Crippen LogP contribution in [-0.4, -0.2) is 85.0 Å². The standard InChI is InChI=1S/C34H48O12/c1-3-5-7-9-11-13-20-15-22(36)17-26(45-34-30(40)29(39)31(46-34)25(38)19-35)28(20)33(43)44-23-16-21(14-12-10-8-6-4-2)27(32(41)42)24(37)18-23/h15-18,25,29-31,34-40H,3-14,19H2,1-2H3,(H,41,42)/t25?,29-,30-,31+,34-/m1/s1. The highest BCUT2D eigenvalue weighted by molar-refractivity contribution is 5.97. The molecule has 1 fully saturated rings. The molecule has 5 atom stereocenters. The van der Waals surface area contributed by atoms with Crippen LogP contribution in [0.25, 0.3) is 0 Å². The Kier molecular flexibility index (Phi) is 14.5. The molecule has 1 heterocycles. The fraction of sp³-hybridized carbons (Fsp3) is 0.588. The number of rotatable bonds is 19. The van der Waals surface area contributed by atoms with Gasteiger partial charge in [-0.05, 0) is 48.9 Å². The van der Waals surface area contributed by atoms with Crippen LogP contribution >= 0.6 is 0 Å². The molecule has 2 aromatic rings. The number of hydrogen-bond acceptors (Lipinski definition) is 11. The van der Waals surface area contributed by atoms with Crippen LogP contribution in [0, 0.1) is 0 Å². The number of hydrogen-bond donors (Lipinski definition) is 7. The highest BCUT2D eigenvalue weighted by Gasteiger charge is 2.47. The summed E-state index contributed by atoms with van der Waals surface area (Å²) in [5, 5.41) is 71.1. The van der Waals surface area contributed by atoms with Gasteiger partial charge in [0.2, 0.25) is 6.29 Å². The van der Waals surface area contributed by atoms with Crippen molar-refractivity contribution in [3.63, 3.8) is 0 Å². The lowest BCUT2D eigenvalue weighted by atomic mass is 9.98. The van der Waals surface area contributed by atoms with E-state index in [9.17, 15) is 45.3 Å². The number of aliphatic hydroxyl groups is 4. The molecule has 256 valence electrons. The Bertz CT molecular complexity index is 1300. The number of esters is 1. The summed E-state index contributed by atoms with van der Waals surface area (Å²) in [7, 11) is 0. The quantitative estimate of drug-likeness (QED) is 0.0650. The van der Waals surface area contributed by atoms with Crippen molar-refractivity contribution in [1.82, 2.24) is 0 Å². The molecule has 3 rings (SSSR count). The minimum atomic E-state index is -1.67. The smallest absolute Gasteiger partial charge is 0.347 e. The highest BCUT2D eigenvalue weighted by Crippen LogP contribution is 2.36. The molecule has 0 spiro atoms. The molecule has 2 aromatic carbocycles. The lowest BCUT2D eigenvalue weighted by molar-refractivity contribution is -0.137. The van der Waals surface area contributed by atoms with Crippen LogP contribution < -0.4 is 9.47 Å². The number of aromatic hydroxyl groups is 2. The van der Waals surface area contributed by atoms with Gasteiger partial charge in [0.25, 0.3) is 0 Å². The van der Waals surface area contributed by atoms with E-state index in [1.165, 1.54) is 12.1 Å². The lowest BCUT2D eigenvalue weighted by Gasteiger charge is -2.21. The first-order valence-electron chi connectivity index (χ1n) is 16.2. The molecule has 0 aromatic heterocycles. The molecule has 1 aliphatic rings. The Morgan fingerprint density at radius 1 is 0.826 bits per heavy atom. The second-order valence-electron chi connectivity index (χ2n) is 11.8. The summed E-state index contributed by atoms with van der Waals surface area (Å²) in [6, 6.07) is 4.99. The van der Waals surface area contributed by atoms with Gasteiger partial charge in [-0.2, -0.15) is 0 Å². The van der Waals surface area contributed by atoms with Gasteiger partial charge in [-0.25, -0.2) is 9.59 Å². The van der Waals surface area contributed by atoms with Gasteiger partial charge in [0, 0.05) is 12.1 Å². The van der Waals surface area contributed by atoms with Crippen molar-refractivity contribution >= 4 is 11.9 Å². The number of benzene rings is 2. The van der Waals surface area contributed by atoms with Crippen LogP contribution in [0.4, 0.5) is 0 Å². The Hall–Kier alpha value is -3.42. The van der Waals surface area contributed by atoms with Crippen molar-refractivity contribution in [3.05, 3.63) is 46.5 Å². The monoisotopic (exact) mass is 648 g/mol. The number of aryl methyl sites for hydroxylation is 2. The van der Waals surface area contributed by atoms with Crippen LogP contribution in [0.5, 0.6) is 23.0 Å². The van der Waals surface area contributed by atoms with Crippen LogP contribution in [-0.2, 0) is 17.6 Å². The third-order valence-corrected chi connectivity index (χ3v) is 8.14. The summed E-state index contributed by atoms with van der Waals surface area (Å²) in [6.07, 6.45) is 2.16. The maximum atomic E-state index is 13.8. The summed E-state index contributed by atoms with van der Waals surface area (Å²) >= 11 is 0. The summed E-state index contributed by atoms with van der Waals surface area (Å²) in [5.74, 6) is -3.36. The fourth-order valence-corrected chi connectivity index (χ4v) is 5.65. The molecule has 12 heteroatoms. The number of carbonyl (C=O) groups excluding carboxylic acids is 1. The lowest BCUT2D eigenvalue weighted by Crippen LogP contribution is -2.40. The van der Waals surface area contributed by atoms with Crippen LogP contribution in [0.15, 0.2) is 24.3 Å². The molecule has 7 N–H and O–H groups in total. The Morgan fingerprint density at radius 3 is 1.98 bits per heavy atom. The van der Waals surface area contributed by atoms with Gasteiger partial charge in [0.05, 0.1) is 6.61 Å². The fourth-order valence-electron chi connectivity index (χ4n) is 5.65. The van der Waals surface area contributed by atoms with Gasteiger partial charge in [0.1, 0.15) is 58.5 Å². The molecular weight excluding hydrogens is 600 g/mol. The Labute approximate surface area is 269 Å². The van der Waals surface area contributed by atoms with Crippen molar-refractivity contribution in [2.24, 2.45) is 0 Å². The van der Waals surface area contributed by atoms with E-state index in [0.717, 1.165) is 63.5 Å². The molecular formula is C34H48O12. The van der Waals surface area contributed by atoms with Gasteiger partial charge in [-0.3, -0.25) is 0 Å². The molecule has 0 saturated carbocycles. The van der Waals surface area contributed by atoms with E-state index in [1.54, 1.807) is 0 Å². The molecule has 0 aliphatic carbocycles. The number of carboxylic acids is 1. The summed E-state index contributed by atoms with van der Waals surface area (Å²) in [5.41, 5.74) is 0.323. The van der Waals surface area contributed by atoms with Gasteiger partial charge >= 0.3 is 11.9 Å². The normalized spacial score (nSPS) is 20.0. The first-order valence-corrected chi connectivity index (χ1v) is 16.2. The number of aliphatic hydroxyl groups excluding tert-OH is 4. The van der Waals surface area contributed by atoms with Crippen molar-refractivity contribution in [1.29, 1.82) is 0 Å². The molecule has 1 aliphatic heterocycles. The SMILES string of the molecule is CCCCCCCc1cc(OC(=O)c2c(CCCCCCC)cc(O)cc2O[C@@H]2O[C@@H](C(O)CO)[C@H](O)[C@H]2O)cc(O)c1C(=O)O. The van der Waals surface area contributed by atoms with Crippen molar-refractivity contribution < 1.29 is 59.5 Å². The summed E-state index contributed by atoms with van der Waals surface area (Å²) in [6.45, 7) is 3.43. The van der Waals surface area contributed by atoms with Crippen molar-refractivity contribution in [2.45, 2.75) is 122 Å². The molecule has 0 radical (unpaired) electrons. The topological polar surface area (TPSA) is 203 Å². The number of aromatic carboxylic acids is 1. The average molecular weight is 649 g/mol. The maximum absolute atomic E-state index is 13.8. The minimum Gasteiger partial charge on any atom is -0.508 e. The van der Waals surface area contributed by atoms with Gasteiger partial charge in [-0.15, -0.1) is 0 Å².